The van der Waals surface area contributed by atoms with Crippen molar-refractivity contribution in [3.63, 3.8) is 0 Å². The van der Waals surface area contributed by atoms with E-state index in [-0.39, 0.29) is 30.4 Å². The average Bonchev–Trinajstić information content (AvgIpc) is 3.36. The number of carboxylic acid groups (broad SMARTS) is 1. The maximum Gasteiger partial charge on any atom is 0.326 e. The van der Waals surface area contributed by atoms with Crippen LogP contribution in [0.2, 0.25) is 0 Å². The van der Waals surface area contributed by atoms with Crippen molar-refractivity contribution in [3.8, 4) is 5.75 Å². The molecular weight excluding hydrogens is 538 g/mol. The minimum atomic E-state index is -1.16. The third-order valence-electron chi connectivity index (χ3n) is 7.48. The highest BCUT2D eigenvalue weighted by molar-refractivity contribution is 5.95. The minimum absolute atomic E-state index is 0.0908. The predicted octanol–water partition coefficient (Wildman–Crippen LogP) is 2.23. The van der Waals surface area contributed by atoms with Gasteiger partial charge in [-0.05, 0) is 47.6 Å². The number of carboxylic acids is 1. The average molecular weight is 580 g/mol. The molecule has 1 heterocycles. The van der Waals surface area contributed by atoms with Gasteiger partial charge >= 0.3 is 5.97 Å². The zero-order chi connectivity index (χ0) is 31.0. The van der Waals surface area contributed by atoms with Crippen LogP contribution >= 0.6 is 0 Å². The summed E-state index contributed by atoms with van der Waals surface area (Å²) in [6, 6.07) is 9.62. The van der Waals surface area contributed by atoms with E-state index in [0.717, 1.165) is 22.0 Å². The number of aromatic amines is 1. The first kappa shape index (κ1) is 32.1. The zero-order valence-electron chi connectivity index (χ0n) is 24.4. The number of hydrogen-bond donors (Lipinski definition) is 7. The number of aromatic hydroxyl groups is 1. The number of phenols is 1. The van der Waals surface area contributed by atoms with Gasteiger partial charge in [0.05, 0.1) is 6.04 Å². The molecule has 0 aliphatic rings. The van der Waals surface area contributed by atoms with Crippen molar-refractivity contribution in [1.82, 2.24) is 20.9 Å². The Balaban J connectivity index is 1.81. The fourth-order valence-electron chi connectivity index (χ4n) is 4.70. The Hall–Kier alpha value is -4.38. The highest BCUT2D eigenvalue weighted by atomic mass is 16.4. The first-order chi connectivity index (χ1) is 19.9. The van der Waals surface area contributed by atoms with Gasteiger partial charge in [0.25, 0.3) is 0 Å². The molecule has 0 fully saturated rings. The topological polar surface area (TPSA) is 187 Å². The SMILES string of the molecule is CCC(C)C(NC(=O)C(Cc1c[nH]c2ccccc12)NC(=O)C(NC(=O)C(N)Cc1ccc(O)cc1)C(C)C)C(=O)O. The number of carbonyl (C=O) groups excluding carboxylic acids is 3. The Kier molecular flexibility index (Phi) is 11.1. The van der Waals surface area contributed by atoms with Gasteiger partial charge in [-0.1, -0.05) is 64.4 Å². The number of aliphatic carboxylic acids is 1. The summed E-state index contributed by atoms with van der Waals surface area (Å²) < 4.78 is 0. The third kappa shape index (κ3) is 8.32. The van der Waals surface area contributed by atoms with Gasteiger partial charge in [-0.3, -0.25) is 14.4 Å². The second kappa shape index (κ2) is 14.5. The van der Waals surface area contributed by atoms with Crippen LogP contribution in [0.4, 0.5) is 0 Å². The summed E-state index contributed by atoms with van der Waals surface area (Å²) in [5.41, 5.74) is 8.49. The quantitative estimate of drug-likeness (QED) is 0.152. The van der Waals surface area contributed by atoms with Crippen molar-refractivity contribution in [3.05, 3.63) is 65.9 Å². The van der Waals surface area contributed by atoms with Gasteiger partial charge in [-0.15, -0.1) is 0 Å². The molecule has 0 aliphatic carbocycles. The third-order valence-corrected chi connectivity index (χ3v) is 7.48. The van der Waals surface area contributed by atoms with Gasteiger partial charge in [-0.2, -0.15) is 0 Å². The highest BCUT2D eigenvalue weighted by Crippen LogP contribution is 2.20. The smallest absolute Gasteiger partial charge is 0.326 e. The van der Waals surface area contributed by atoms with Crippen molar-refractivity contribution in [2.24, 2.45) is 17.6 Å². The molecule has 0 saturated carbocycles. The number of aromatic nitrogens is 1. The van der Waals surface area contributed by atoms with Gasteiger partial charge < -0.3 is 36.9 Å². The molecule has 11 nitrogen and oxygen atoms in total. The Bertz CT molecular complexity index is 1390. The van der Waals surface area contributed by atoms with Gasteiger partial charge in [-0.25, -0.2) is 4.79 Å². The van der Waals surface area contributed by atoms with Crippen LogP contribution in [0.15, 0.2) is 54.7 Å². The van der Waals surface area contributed by atoms with Crippen LogP contribution in [0, 0.1) is 11.8 Å². The number of amides is 3. The summed E-state index contributed by atoms with van der Waals surface area (Å²) >= 11 is 0. The molecule has 0 saturated heterocycles. The number of benzene rings is 2. The van der Waals surface area contributed by atoms with Crippen LogP contribution in [-0.4, -0.2) is 63.1 Å². The van der Waals surface area contributed by atoms with E-state index in [2.05, 4.69) is 20.9 Å². The monoisotopic (exact) mass is 579 g/mol. The van der Waals surface area contributed by atoms with Gasteiger partial charge in [0.15, 0.2) is 0 Å². The van der Waals surface area contributed by atoms with Crippen molar-refractivity contribution < 1.29 is 29.4 Å². The van der Waals surface area contributed by atoms with E-state index in [0.29, 0.717) is 6.42 Å². The summed E-state index contributed by atoms with van der Waals surface area (Å²) in [5, 5.41) is 28.2. The molecule has 2 aromatic carbocycles. The molecule has 3 aromatic rings. The van der Waals surface area contributed by atoms with Crippen molar-refractivity contribution >= 4 is 34.6 Å². The number of phenolic OH excluding ortho intramolecular Hbond substituents is 1. The number of H-pyrrole nitrogens is 1. The summed E-state index contributed by atoms with van der Waals surface area (Å²) in [7, 11) is 0. The van der Waals surface area contributed by atoms with Gasteiger partial charge in [0, 0.05) is 23.5 Å². The molecule has 1 aromatic heterocycles. The number of para-hydroxylation sites is 1. The van der Waals surface area contributed by atoms with Crippen LogP contribution in [-0.2, 0) is 32.0 Å². The number of fused-ring (bicyclic) bond motifs is 1. The lowest BCUT2D eigenvalue weighted by Crippen LogP contribution is -2.59. The molecule has 5 unspecified atom stereocenters. The molecule has 3 rings (SSSR count). The Morgan fingerprint density at radius 3 is 2.12 bits per heavy atom. The summed E-state index contributed by atoms with van der Waals surface area (Å²) in [4.78, 5) is 55.1. The molecule has 42 heavy (non-hydrogen) atoms. The molecular formula is C31H41N5O6. The molecule has 3 amide bonds. The maximum absolute atomic E-state index is 13.6. The lowest BCUT2D eigenvalue weighted by Gasteiger charge is -2.28. The zero-order valence-corrected chi connectivity index (χ0v) is 24.4. The first-order valence-corrected chi connectivity index (χ1v) is 14.1. The molecule has 8 N–H and O–H groups in total. The van der Waals surface area contributed by atoms with Crippen LogP contribution < -0.4 is 21.7 Å². The fourth-order valence-corrected chi connectivity index (χ4v) is 4.70. The number of rotatable bonds is 14. The van der Waals surface area contributed by atoms with Crippen LogP contribution in [0.25, 0.3) is 10.9 Å². The van der Waals surface area contributed by atoms with E-state index in [4.69, 9.17) is 5.73 Å². The molecule has 0 bridgehead atoms. The van der Waals surface area contributed by atoms with Crippen LogP contribution in [0.5, 0.6) is 5.75 Å². The van der Waals surface area contributed by atoms with Crippen molar-refractivity contribution in [1.29, 1.82) is 0 Å². The van der Waals surface area contributed by atoms with Crippen molar-refractivity contribution in [2.75, 3.05) is 0 Å². The predicted molar refractivity (Wildman–Crippen MR) is 160 cm³/mol. The maximum atomic E-state index is 13.6. The number of carbonyl (C=O) groups is 4. The summed E-state index contributed by atoms with van der Waals surface area (Å²) in [5.74, 6) is -3.53. The van der Waals surface area contributed by atoms with E-state index in [1.54, 1.807) is 39.1 Å². The van der Waals surface area contributed by atoms with E-state index >= 15 is 0 Å². The summed E-state index contributed by atoms with van der Waals surface area (Å²) in [6.45, 7) is 7.08. The Morgan fingerprint density at radius 2 is 1.50 bits per heavy atom. The van der Waals surface area contributed by atoms with Crippen LogP contribution in [0.3, 0.4) is 0 Å². The standard InChI is InChI=1S/C31H41N5O6/c1-5-18(4)27(31(41)42)36-29(39)25(15-20-16-33-24-9-7-6-8-22(20)24)34-30(40)26(17(2)3)35-28(38)23(32)14-19-10-12-21(37)13-11-19/h6-13,16-18,23,25-27,33,37H,5,14-15,32H2,1-4H3,(H,34,40)(H,35,38)(H,36,39)(H,41,42). The largest absolute Gasteiger partial charge is 0.508 e. The second-order valence-corrected chi connectivity index (χ2v) is 11.0. The molecule has 0 aliphatic heterocycles. The number of nitrogens with two attached hydrogens (primary N) is 1. The lowest BCUT2D eigenvalue weighted by molar-refractivity contribution is -0.143. The molecule has 226 valence electrons. The van der Waals surface area contributed by atoms with E-state index in [1.807, 2.05) is 31.2 Å². The molecule has 0 radical (unpaired) electrons. The van der Waals surface area contributed by atoms with E-state index < -0.39 is 47.9 Å². The Morgan fingerprint density at radius 1 is 0.857 bits per heavy atom. The molecule has 0 spiro atoms. The van der Waals surface area contributed by atoms with Crippen LogP contribution in [0.1, 0.15) is 45.2 Å². The first-order valence-electron chi connectivity index (χ1n) is 14.1. The minimum Gasteiger partial charge on any atom is -0.508 e. The van der Waals surface area contributed by atoms with E-state index in [9.17, 15) is 29.4 Å². The lowest BCUT2D eigenvalue weighted by atomic mass is 9.97. The van der Waals surface area contributed by atoms with Gasteiger partial charge in [0.1, 0.15) is 23.9 Å². The van der Waals surface area contributed by atoms with Gasteiger partial charge in [0.2, 0.25) is 17.7 Å². The summed E-state index contributed by atoms with van der Waals surface area (Å²) in [6.07, 6.45) is 2.57. The van der Waals surface area contributed by atoms with E-state index in [1.165, 1.54) is 12.1 Å². The Labute approximate surface area is 245 Å². The fraction of sp³-hybridized carbons (Fsp3) is 0.419. The van der Waals surface area contributed by atoms with Crippen molar-refractivity contribution in [2.45, 2.75) is 71.1 Å². The number of nitrogens with one attached hydrogen (secondary N) is 4. The second-order valence-electron chi connectivity index (χ2n) is 11.0. The number of hydrogen-bond acceptors (Lipinski definition) is 6. The normalized spacial score (nSPS) is 14.9. The molecule has 11 heteroatoms. The molecule has 5 atom stereocenters. The highest BCUT2D eigenvalue weighted by Gasteiger charge is 2.33.